The Morgan fingerprint density at radius 1 is 1.21 bits per heavy atom. The number of rotatable bonds is 6. The Morgan fingerprint density at radius 2 is 2.00 bits per heavy atom. The minimum Gasteiger partial charge on any atom is -0.494 e. The zero-order chi connectivity index (χ0) is 20.4. The van der Waals surface area contributed by atoms with Crippen LogP contribution in [0.15, 0.2) is 47.3 Å². The first kappa shape index (κ1) is 19.6. The van der Waals surface area contributed by atoms with Gasteiger partial charge in [0.15, 0.2) is 0 Å². The molecule has 2 heterocycles. The highest BCUT2D eigenvalue weighted by atomic mass is 19.1. The number of ether oxygens (including phenoxy) is 1. The predicted molar refractivity (Wildman–Crippen MR) is 112 cm³/mol. The van der Waals surface area contributed by atoms with Gasteiger partial charge in [0.1, 0.15) is 17.4 Å². The fourth-order valence-electron chi connectivity index (χ4n) is 4.05. The van der Waals surface area contributed by atoms with Crippen LogP contribution in [0.1, 0.15) is 32.0 Å². The molecule has 0 bridgehead atoms. The van der Waals surface area contributed by atoms with Crippen LogP contribution in [0.2, 0.25) is 0 Å². The van der Waals surface area contributed by atoms with Crippen LogP contribution < -0.4 is 10.3 Å². The molecule has 4 rings (SSSR count). The highest BCUT2D eigenvalue weighted by molar-refractivity contribution is 5.78. The first-order valence-corrected chi connectivity index (χ1v) is 10.2. The maximum Gasteiger partial charge on any atom is 0.266 e. The van der Waals surface area contributed by atoms with Gasteiger partial charge in [0, 0.05) is 12.6 Å². The van der Waals surface area contributed by atoms with E-state index in [0.717, 1.165) is 18.7 Å². The van der Waals surface area contributed by atoms with Crippen molar-refractivity contribution in [1.82, 2.24) is 14.5 Å². The number of hydrogen-bond donors (Lipinski definition) is 0. The molecule has 3 aromatic rings. The highest BCUT2D eigenvalue weighted by Gasteiger charge is 2.19. The van der Waals surface area contributed by atoms with E-state index in [-0.39, 0.29) is 10.9 Å². The molecular weight excluding hydrogens is 369 g/mol. The van der Waals surface area contributed by atoms with Crippen molar-refractivity contribution < 1.29 is 9.13 Å². The summed E-state index contributed by atoms with van der Waals surface area (Å²) in [5.74, 6) is 0.884. The molecule has 0 spiro atoms. The van der Waals surface area contributed by atoms with Gasteiger partial charge in [-0.25, -0.2) is 9.37 Å². The molecule has 1 saturated heterocycles. The number of hydrogen-bond acceptors (Lipinski definition) is 4. The molecule has 0 aliphatic carbocycles. The molecule has 29 heavy (non-hydrogen) atoms. The Balaban J connectivity index is 1.46. The SMILES string of the molecule is Cc1nc2ccc(F)cc2c(=O)n1-c1ccc(OCCCN2CCC[C@H]2C)cc1. The molecule has 0 radical (unpaired) electrons. The molecule has 1 fully saturated rings. The third-order valence-electron chi connectivity index (χ3n) is 5.64. The highest BCUT2D eigenvalue weighted by Crippen LogP contribution is 2.19. The maximum absolute atomic E-state index is 13.6. The number of benzene rings is 2. The molecule has 0 unspecified atom stereocenters. The average Bonchev–Trinajstić information content (AvgIpc) is 3.12. The van der Waals surface area contributed by atoms with E-state index < -0.39 is 5.82 Å². The van der Waals surface area contributed by atoms with Gasteiger partial charge in [-0.15, -0.1) is 0 Å². The molecule has 0 N–H and O–H groups in total. The summed E-state index contributed by atoms with van der Waals surface area (Å²) in [6, 6.07) is 12.1. The van der Waals surface area contributed by atoms with Crippen molar-refractivity contribution in [2.75, 3.05) is 19.7 Å². The van der Waals surface area contributed by atoms with E-state index in [1.807, 2.05) is 24.3 Å². The monoisotopic (exact) mass is 395 g/mol. The van der Waals surface area contributed by atoms with Crippen molar-refractivity contribution in [1.29, 1.82) is 0 Å². The van der Waals surface area contributed by atoms with E-state index >= 15 is 0 Å². The lowest BCUT2D eigenvalue weighted by atomic mass is 10.2. The van der Waals surface area contributed by atoms with Gasteiger partial charge < -0.3 is 9.64 Å². The predicted octanol–water partition coefficient (Wildman–Crippen LogP) is 4.09. The molecule has 1 aliphatic heterocycles. The summed E-state index contributed by atoms with van der Waals surface area (Å²) < 4.78 is 20.9. The number of aryl methyl sites for hydroxylation is 1. The van der Waals surface area contributed by atoms with Crippen LogP contribution in [0.5, 0.6) is 5.75 Å². The fourth-order valence-corrected chi connectivity index (χ4v) is 4.05. The molecular formula is C23H26FN3O2. The summed E-state index contributed by atoms with van der Waals surface area (Å²) in [7, 11) is 0. The van der Waals surface area contributed by atoms with Crippen LogP contribution in [-0.2, 0) is 0 Å². The minimum absolute atomic E-state index is 0.270. The van der Waals surface area contributed by atoms with Gasteiger partial charge in [0.25, 0.3) is 5.56 Å². The number of likely N-dealkylation sites (tertiary alicyclic amines) is 1. The van der Waals surface area contributed by atoms with Gasteiger partial charge in [-0.3, -0.25) is 9.36 Å². The molecule has 152 valence electrons. The number of nitrogens with zero attached hydrogens (tertiary/aromatic N) is 3. The quantitative estimate of drug-likeness (QED) is 0.590. The normalized spacial score (nSPS) is 17.1. The Kier molecular flexibility index (Phi) is 5.62. The van der Waals surface area contributed by atoms with Crippen LogP contribution in [-0.4, -0.2) is 40.2 Å². The van der Waals surface area contributed by atoms with E-state index in [2.05, 4.69) is 16.8 Å². The van der Waals surface area contributed by atoms with Crippen LogP contribution in [0, 0.1) is 12.7 Å². The Labute approximate surface area is 169 Å². The second-order valence-electron chi connectivity index (χ2n) is 7.68. The van der Waals surface area contributed by atoms with Gasteiger partial charge in [-0.05, 0) is 82.1 Å². The summed E-state index contributed by atoms with van der Waals surface area (Å²) in [6.45, 7) is 6.97. The summed E-state index contributed by atoms with van der Waals surface area (Å²) in [6.07, 6.45) is 3.57. The number of aromatic nitrogens is 2. The maximum atomic E-state index is 13.6. The molecule has 1 atom stereocenters. The standard InChI is InChI=1S/C23H26FN3O2/c1-16-5-3-12-26(16)13-4-14-29-20-9-7-19(8-10-20)27-17(2)25-22-11-6-18(24)15-21(22)23(27)28/h6-11,15-16H,3-5,12-14H2,1-2H3/t16-/m1/s1. The lowest BCUT2D eigenvalue weighted by molar-refractivity contribution is 0.230. The number of fused-ring (bicyclic) bond motifs is 1. The summed E-state index contributed by atoms with van der Waals surface area (Å²) >= 11 is 0. The number of halogens is 1. The molecule has 2 aromatic carbocycles. The Morgan fingerprint density at radius 3 is 2.72 bits per heavy atom. The lowest BCUT2D eigenvalue weighted by Crippen LogP contribution is -2.28. The summed E-state index contributed by atoms with van der Waals surface area (Å²) in [5, 5.41) is 0.270. The second-order valence-corrected chi connectivity index (χ2v) is 7.68. The Bertz CT molecular complexity index is 1060. The smallest absolute Gasteiger partial charge is 0.266 e. The topological polar surface area (TPSA) is 47.4 Å². The summed E-state index contributed by atoms with van der Waals surface area (Å²) in [5.41, 5.74) is 0.905. The molecule has 1 aliphatic rings. The van der Waals surface area contributed by atoms with Crippen molar-refractivity contribution >= 4 is 10.9 Å². The fraction of sp³-hybridized carbons (Fsp3) is 0.391. The second kappa shape index (κ2) is 8.33. The third-order valence-corrected chi connectivity index (χ3v) is 5.64. The molecule has 6 heteroatoms. The zero-order valence-electron chi connectivity index (χ0n) is 16.9. The average molecular weight is 395 g/mol. The Hall–Kier alpha value is -2.73. The van der Waals surface area contributed by atoms with E-state index in [9.17, 15) is 9.18 Å². The van der Waals surface area contributed by atoms with Crippen LogP contribution in [0.25, 0.3) is 16.6 Å². The van der Waals surface area contributed by atoms with Crippen molar-refractivity contribution in [3.8, 4) is 11.4 Å². The first-order valence-electron chi connectivity index (χ1n) is 10.2. The van der Waals surface area contributed by atoms with Crippen molar-refractivity contribution in [2.45, 2.75) is 39.2 Å². The van der Waals surface area contributed by atoms with Crippen molar-refractivity contribution in [3.63, 3.8) is 0 Å². The van der Waals surface area contributed by atoms with Crippen molar-refractivity contribution in [3.05, 3.63) is 64.5 Å². The molecule has 0 saturated carbocycles. The van der Waals surface area contributed by atoms with E-state index in [1.165, 1.54) is 42.2 Å². The van der Waals surface area contributed by atoms with E-state index in [0.29, 0.717) is 29.7 Å². The van der Waals surface area contributed by atoms with Gasteiger partial charge in [-0.2, -0.15) is 0 Å². The van der Waals surface area contributed by atoms with Crippen LogP contribution in [0.3, 0.4) is 0 Å². The third kappa shape index (κ3) is 4.17. The molecule has 1 aromatic heterocycles. The van der Waals surface area contributed by atoms with Crippen LogP contribution >= 0.6 is 0 Å². The first-order chi connectivity index (χ1) is 14.0. The summed E-state index contributed by atoms with van der Waals surface area (Å²) in [4.78, 5) is 19.8. The molecule has 5 nitrogen and oxygen atoms in total. The van der Waals surface area contributed by atoms with Crippen LogP contribution in [0.4, 0.5) is 4.39 Å². The lowest BCUT2D eigenvalue weighted by Gasteiger charge is -2.20. The van der Waals surface area contributed by atoms with Crippen molar-refractivity contribution in [2.24, 2.45) is 0 Å². The minimum atomic E-state index is -0.445. The van der Waals surface area contributed by atoms with Gasteiger partial charge in [0.2, 0.25) is 0 Å². The molecule has 0 amide bonds. The van der Waals surface area contributed by atoms with E-state index in [4.69, 9.17) is 4.74 Å². The zero-order valence-corrected chi connectivity index (χ0v) is 16.9. The largest absolute Gasteiger partial charge is 0.494 e. The van der Waals surface area contributed by atoms with Gasteiger partial charge >= 0.3 is 0 Å². The van der Waals surface area contributed by atoms with Gasteiger partial charge in [0.05, 0.1) is 23.2 Å². The van der Waals surface area contributed by atoms with E-state index in [1.54, 1.807) is 6.92 Å². The van der Waals surface area contributed by atoms with Gasteiger partial charge in [-0.1, -0.05) is 0 Å².